The minimum atomic E-state index is 0.0833. The SMILES string of the molecule is CC(C)NCCNC(=O)c1cc2c(s1)CCCC2. The molecular formula is C14H22N2OS. The lowest BCUT2D eigenvalue weighted by Crippen LogP contribution is -2.34. The molecule has 1 amide bonds. The molecular weight excluding hydrogens is 244 g/mol. The van der Waals surface area contributed by atoms with Crippen LogP contribution < -0.4 is 10.6 Å². The van der Waals surface area contributed by atoms with E-state index in [-0.39, 0.29) is 5.91 Å². The van der Waals surface area contributed by atoms with Gasteiger partial charge in [0.1, 0.15) is 0 Å². The highest BCUT2D eigenvalue weighted by Crippen LogP contribution is 2.29. The molecule has 1 aliphatic carbocycles. The Morgan fingerprint density at radius 3 is 2.83 bits per heavy atom. The van der Waals surface area contributed by atoms with Crippen LogP contribution in [0.3, 0.4) is 0 Å². The van der Waals surface area contributed by atoms with Gasteiger partial charge >= 0.3 is 0 Å². The summed E-state index contributed by atoms with van der Waals surface area (Å²) in [7, 11) is 0. The number of nitrogens with one attached hydrogen (secondary N) is 2. The van der Waals surface area contributed by atoms with E-state index in [1.165, 1.54) is 23.3 Å². The van der Waals surface area contributed by atoms with E-state index in [1.807, 2.05) is 0 Å². The van der Waals surface area contributed by atoms with Crippen LogP contribution in [0.1, 0.15) is 46.8 Å². The quantitative estimate of drug-likeness (QED) is 0.803. The Morgan fingerprint density at radius 1 is 1.33 bits per heavy atom. The average molecular weight is 266 g/mol. The number of carbonyl (C=O) groups excluding carboxylic acids is 1. The van der Waals surface area contributed by atoms with Gasteiger partial charge in [-0.3, -0.25) is 4.79 Å². The summed E-state index contributed by atoms with van der Waals surface area (Å²) in [6.45, 7) is 5.73. The van der Waals surface area contributed by atoms with Crippen LogP contribution in [0.4, 0.5) is 0 Å². The van der Waals surface area contributed by atoms with Crippen LogP contribution in [0.5, 0.6) is 0 Å². The molecule has 0 saturated carbocycles. The van der Waals surface area contributed by atoms with Crippen molar-refractivity contribution in [1.29, 1.82) is 0 Å². The average Bonchev–Trinajstić information content (AvgIpc) is 2.78. The Bertz CT molecular complexity index is 388. The van der Waals surface area contributed by atoms with Gasteiger partial charge in [0, 0.05) is 24.0 Å². The third-order valence-corrected chi connectivity index (χ3v) is 4.42. The maximum Gasteiger partial charge on any atom is 0.261 e. The number of carbonyl (C=O) groups is 1. The van der Waals surface area contributed by atoms with E-state index in [9.17, 15) is 4.79 Å². The fourth-order valence-corrected chi connectivity index (χ4v) is 3.40. The zero-order valence-corrected chi connectivity index (χ0v) is 12.0. The minimum Gasteiger partial charge on any atom is -0.350 e. The summed E-state index contributed by atoms with van der Waals surface area (Å²) < 4.78 is 0. The molecule has 0 atom stereocenters. The number of hydrogen-bond donors (Lipinski definition) is 2. The summed E-state index contributed by atoms with van der Waals surface area (Å²) in [4.78, 5) is 14.3. The lowest BCUT2D eigenvalue weighted by atomic mass is 9.99. The smallest absolute Gasteiger partial charge is 0.261 e. The van der Waals surface area contributed by atoms with Crippen molar-refractivity contribution in [2.24, 2.45) is 0 Å². The molecule has 1 heterocycles. The summed E-state index contributed by atoms with van der Waals surface area (Å²) in [6, 6.07) is 2.56. The molecule has 0 unspecified atom stereocenters. The fraction of sp³-hybridized carbons (Fsp3) is 0.643. The van der Waals surface area contributed by atoms with Crippen molar-refractivity contribution in [3.63, 3.8) is 0 Å². The Morgan fingerprint density at radius 2 is 2.11 bits per heavy atom. The van der Waals surface area contributed by atoms with E-state index in [0.717, 1.165) is 24.3 Å². The van der Waals surface area contributed by atoms with Gasteiger partial charge in [0.25, 0.3) is 5.91 Å². The molecule has 1 aromatic rings. The van der Waals surface area contributed by atoms with Crippen molar-refractivity contribution in [2.45, 2.75) is 45.6 Å². The Hall–Kier alpha value is -0.870. The second-order valence-electron chi connectivity index (χ2n) is 5.13. The van der Waals surface area contributed by atoms with Gasteiger partial charge in [-0.05, 0) is 37.3 Å². The van der Waals surface area contributed by atoms with Crippen molar-refractivity contribution < 1.29 is 4.79 Å². The third-order valence-electron chi connectivity index (χ3n) is 3.18. The zero-order chi connectivity index (χ0) is 13.0. The van der Waals surface area contributed by atoms with Crippen LogP contribution in [0.25, 0.3) is 0 Å². The molecule has 0 bridgehead atoms. The van der Waals surface area contributed by atoms with Crippen LogP contribution in [0, 0.1) is 0 Å². The van der Waals surface area contributed by atoms with Crippen LogP contribution in [0.2, 0.25) is 0 Å². The highest BCUT2D eigenvalue weighted by Gasteiger charge is 2.16. The van der Waals surface area contributed by atoms with E-state index in [2.05, 4.69) is 30.5 Å². The molecule has 1 aliphatic rings. The third kappa shape index (κ3) is 3.56. The summed E-state index contributed by atoms with van der Waals surface area (Å²) in [5.41, 5.74) is 1.40. The number of rotatable bonds is 5. The minimum absolute atomic E-state index is 0.0833. The summed E-state index contributed by atoms with van der Waals surface area (Å²) >= 11 is 1.68. The maximum atomic E-state index is 12.0. The molecule has 0 saturated heterocycles. The highest BCUT2D eigenvalue weighted by atomic mass is 32.1. The molecule has 0 fully saturated rings. The van der Waals surface area contributed by atoms with Crippen molar-refractivity contribution in [3.05, 3.63) is 21.4 Å². The molecule has 2 N–H and O–H groups in total. The van der Waals surface area contributed by atoms with E-state index >= 15 is 0 Å². The fourth-order valence-electron chi connectivity index (χ4n) is 2.23. The summed E-state index contributed by atoms with van der Waals surface area (Å²) in [5.74, 6) is 0.0833. The first-order valence-corrected chi connectivity index (χ1v) is 7.61. The Balaban J connectivity index is 1.83. The molecule has 3 nitrogen and oxygen atoms in total. The van der Waals surface area contributed by atoms with Gasteiger partial charge in [-0.1, -0.05) is 13.8 Å². The zero-order valence-electron chi connectivity index (χ0n) is 11.2. The van der Waals surface area contributed by atoms with Crippen molar-refractivity contribution in [3.8, 4) is 0 Å². The van der Waals surface area contributed by atoms with Crippen molar-refractivity contribution in [1.82, 2.24) is 10.6 Å². The maximum absolute atomic E-state index is 12.0. The van der Waals surface area contributed by atoms with Crippen LogP contribution in [-0.4, -0.2) is 25.0 Å². The molecule has 100 valence electrons. The van der Waals surface area contributed by atoms with Gasteiger partial charge in [-0.15, -0.1) is 11.3 Å². The van der Waals surface area contributed by atoms with E-state index in [1.54, 1.807) is 11.3 Å². The van der Waals surface area contributed by atoms with Crippen LogP contribution >= 0.6 is 11.3 Å². The van der Waals surface area contributed by atoms with Crippen LogP contribution in [-0.2, 0) is 12.8 Å². The molecule has 0 aromatic carbocycles. The molecule has 1 aromatic heterocycles. The van der Waals surface area contributed by atoms with Gasteiger partial charge in [0.15, 0.2) is 0 Å². The number of thiophene rings is 1. The molecule has 18 heavy (non-hydrogen) atoms. The number of fused-ring (bicyclic) bond motifs is 1. The van der Waals surface area contributed by atoms with Gasteiger partial charge < -0.3 is 10.6 Å². The second kappa shape index (κ2) is 6.34. The highest BCUT2D eigenvalue weighted by molar-refractivity contribution is 7.14. The topological polar surface area (TPSA) is 41.1 Å². The molecule has 4 heteroatoms. The lowest BCUT2D eigenvalue weighted by Gasteiger charge is -2.08. The standard InChI is InChI=1S/C14H22N2OS/c1-10(2)15-7-8-16-14(17)13-9-11-5-3-4-6-12(11)18-13/h9-10,15H,3-8H2,1-2H3,(H,16,17). The van der Waals surface area contributed by atoms with E-state index < -0.39 is 0 Å². The summed E-state index contributed by atoms with van der Waals surface area (Å²) in [5, 5.41) is 6.26. The monoisotopic (exact) mass is 266 g/mol. The van der Waals surface area contributed by atoms with Gasteiger partial charge in [-0.25, -0.2) is 0 Å². The molecule has 0 radical (unpaired) electrons. The van der Waals surface area contributed by atoms with Gasteiger partial charge in [0.2, 0.25) is 0 Å². The van der Waals surface area contributed by atoms with E-state index in [0.29, 0.717) is 12.6 Å². The number of amides is 1. The van der Waals surface area contributed by atoms with Crippen molar-refractivity contribution in [2.75, 3.05) is 13.1 Å². The predicted molar refractivity (Wildman–Crippen MR) is 76.4 cm³/mol. The first-order chi connectivity index (χ1) is 8.66. The largest absolute Gasteiger partial charge is 0.350 e. The first kappa shape index (κ1) is 13.6. The summed E-state index contributed by atoms with van der Waals surface area (Å²) in [6.07, 6.45) is 4.84. The number of aryl methyl sites for hydroxylation is 2. The Labute approximate surface area is 113 Å². The molecule has 0 aliphatic heterocycles. The van der Waals surface area contributed by atoms with Gasteiger partial charge in [-0.2, -0.15) is 0 Å². The second-order valence-corrected chi connectivity index (χ2v) is 6.27. The predicted octanol–water partition coefficient (Wildman–Crippen LogP) is 2.35. The normalized spacial score (nSPS) is 14.6. The Kier molecular flexibility index (Phi) is 4.78. The van der Waals surface area contributed by atoms with Crippen LogP contribution in [0.15, 0.2) is 6.07 Å². The van der Waals surface area contributed by atoms with E-state index in [4.69, 9.17) is 0 Å². The van der Waals surface area contributed by atoms with Gasteiger partial charge in [0.05, 0.1) is 4.88 Å². The number of hydrogen-bond acceptors (Lipinski definition) is 3. The molecule has 2 rings (SSSR count). The lowest BCUT2D eigenvalue weighted by molar-refractivity contribution is 0.0957. The molecule has 0 spiro atoms. The first-order valence-electron chi connectivity index (χ1n) is 6.80. The van der Waals surface area contributed by atoms with Crippen molar-refractivity contribution >= 4 is 17.2 Å².